The highest BCUT2D eigenvalue weighted by Crippen LogP contribution is 2.68. The zero-order valence-electron chi connectivity index (χ0n) is 43.5. The second-order valence-corrected chi connectivity index (χ2v) is 20.3. The number of H-pyrrole nitrogens is 1. The van der Waals surface area contributed by atoms with Gasteiger partial charge in [-0.05, 0) is 61.4 Å². The van der Waals surface area contributed by atoms with Crippen LogP contribution >= 0.6 is 0 Å². The van der Waals surface area contributed by atoms with Crippen LogP contribution in [-0.2, 0) is 65.1 Å². The summed E-state index contributed by atoms with van der Waals surface area (Å²) in [6.45, 7) is 9.19. The predicted octanol–water partition coefficient (Wildman–Crippen LogP) is 0.508. The van der Waals surface area contributed by atoms with Crippen molar-refractivity contribution in [2.24, 2.45) is 11.3 Å². The predicted molar refractivity (Wildman–Crippen MR) is 269 cm³/mol. The number of esters is 3. The van der Waals surface area contributed by atoms with E-state index in [9.17, 15) is 33.9 Å². The van der Waals surface area contributed by atoms with Gasteiger partial charge in [0.15, 0.2) is 30.5 Å². The van der Waals surface area contributed by atoms with E-state index in [2.05, 4.69) is 58.1 Å². The number of aliphatic hydroxyl groups is 5. The number of nitrogens with zero attached hydrogens (tertiary/aromatic N) is 3. The first kappa shape index (κ1) is 57.8. The van der Waals surface area contributed by atoms with Crippen molar-refractivity contribution in [3.05, 3.63) is 82.6 Å². The van der Waals surface area contributed by atoms with Crippen molar-refractivity contribution in [2.75, 3.05) is 59.5 Å². The lowest BCUT2D eigenvalue weighted by atomic mass is 9.47. The minimum Gasteiger partial charge on any atom is -0.496 e. The van der Waals surface area contributed by atoms with Crippen LogP contribution < -0.4 is 9.64 Å². The largest absolute Gasteiger partial charge is 0.496 e. The van der Waals surface area contributed by atoms with Crippen LogP contribution in [0, 0.1) is 11.3 Å². The standard InChI is InChI=1S/C45H54N4O8.2C4H6O6/c1-8-27-19-28-22-44(40(51)55-6,36-30(25-48(23-27)24-28)29-13-10-11-14-33(29)46-36)32-20-31-34(21-35(32)54-5)47(4)38-43(31)16-18-49-17-12-15-42(9-2,37(43)49)39(57-26(3)50)45(38,53)41(52)56-7;2*5-1(3(7)8)2(6)4(9)10/h10-15,19-21,28,37-39,46,53H,8-9,16-18,22-25H2,1-7H3;2*1-2,5-6H,(H,7,8)(H,9,10)/t28-,37+,38-,39-,42-,43-,44+,45+;;/m1../s1. The molecule has 1 saturated heterocycles. The summed E-state index contributed by atoms with van der Waals surface area (Å²) in [5.74, 6) is -8.39. The number of nitrogens with one attached hydrogen (secondary N) is 1. The number of aromatic nitrogens is 1. The number of fused-ring (bicyclic) bond motifs is 6. The molecule has 10 N–H and O–H groups in total. The number of rotatable bonds is 13. The van der Waals surface area contributed by atoms with Gasteiger partial charge in [-0.15, -0.1) is 0 Å². The summed E-state index contributed by atoms with van der Waals surface area (Å²) in [7, 11) is 6.22. The lowest BCUT2D eigenvalue weighted by Gasteiger charge is -2.63. The van der Waals surface area contributed by atoms with Gasteiger partial charge < -0.3 is 74.8 Å². The molecule has 1 aromatic heterocycles. The van der Waals surface area contributed by atoms with Gasteiger partial charge in [-0.1, -0.05) is 55.8 Å². The first-order valence-electron chi connectivity index (χ1n) is 24.9. The van der Waals surface area contributed by atoms with Gasteiger partial charge in [-0.2, -0.15) is 0 Å². The Labute approximate surface area is 441 Å². The molecule has 2 fully saturated rings. The molecule has 1 saturated carbocycles. The lowest BCUT2D eigenvalue weighted by Crippen LogP contribution is -2.81. The van der Waals surface area contributed by atoms with Crippen molar-refractivity contribution in [2.45, 2.75) is 112 Å². The smallest absolute Gasteiger partial charge is 0.344 e. The second kappa shape index (κ2) is 21.8. The van der Waals surface area contributed by atoms with E-state index in [1.165, 1.54) is 26.7 Å². The van der Waals surface area contributed by atoms with E-state index in [0.29, 0.717) is 50.2 Å². The topological polar surface area (TPSA) is 364 Å². The fourth-order valence-electron chi connectivity index (χ4n) is 13.4. The first-order valence-corrected chi connectivity index (χ1v) is 24.9. The van der Waals surface area contributed by atoms with Gasteiger partial charge in [0.05, 0.1) is 27.4 Å². The third-order valence-corrected chi connectivity index (χ3v) is 16.4. The van der Waals surface area contributed by atoms with E-state index in [1.807, 2.05) is 37.1 Å². The van der Waals surface area contributed by atoms with Crippen molar-refractivity contribution < 1.29 is 98.5 Å². The molecule has 13 atom stereocenters. The monoisotopic (exact) mass is 1080 g/mol. The average molecular weight is 1080 g/mol. The number of hydrogen-bond acceptors (Lipinski definition) is 19. The number of aromatic amines is 1. The van der Waals surface area contributed by atoms with Crippen LogP contribution in [0.2, 0.25) is 0 Å². The van der Waals surface area contributed by atoms with Crippen LogP contribution in [0.5, 0.6) is 5.75 Å². The maximum Gasteiger partial charge on any atom is 0.344 e. The summed E-state index contributed by atoms with van der Waals surface area (Å²) in [4.78, 5) is 92.2. The Bertz CT molecular complexity index is 2830. The molecule has 418 valence electrons. The first-order chi connectivity index (χ1) is 36.3. The molecule has 0 amide bonds. The van der Waals surface area contributed by atoms with Crippen LogP contribution in [0.15, 0.2) is 60.2 Å². The zero-order valence-corrected chi connectivity index (χ0v) is 43.5. The summed E-state index contributed by atoms with van der Waals surface area (Å²) >= 11 is 0. The van der Waals surface area contributed by atoms with Crippen molar-refractivity contribution in [1.82, 2.24) is 14.8 Å². The van der Waals surface area contributed by atoms with E-state index in [0.717, 1.165) is 52.9 Å². The van der Waals surface area contributed by atoms with Gasteiger partial charge >= 0.3 is 41.8 Å². The van der Waals surface area contributed by atoms with E-state index in [4.69, 9.17) is 59.8 Å². The number of ether oxygens (including phenoxy) is 4. The van der Waals surface area contributed by atoms with Crippen LogP contribution in [0.1, 0.15) is 68.8 Å². The maximum atomic E-state index is 15.2. The molecule has 1 spiro atoms. The van der Waals surface area contributed by atoms with Gasteiger partial charge in [-0.25, -0.2) is 24.0 Å². The van der Waals surface area contributed by atoms with E-state index in [1.54, 1.807) is 7.11 Å². The number of carbonyl (C=O) groups excluding carboxylic acids is 3. The SMILES string of the molecule is CCC1=C[C@H]2CN(C1)Cc1c([nH]c3ccccc13)[C@@](C(=O)OC)(c1cc3c(cc1OC)N(C)[C@H]1[C@@](O)(C(=O)OC)[C@H](OC(C)=O)[C@]4(CC)C=CCN5CC[C@]31[C@@H]54)C2.O=C(O)C(O)C(O)C(=O)O.O=C(O)C(O)C(O)C(=O)O. The molecule has 3 aromatic rings. The number of carboxylic acid groups (broad SMARTS) is 4. The van der Waals surface area contributed by atoms with Crippen LogP contribution in [0.4, 0.5) is 5.69 Å². The molecular formula is C53H66N4O20. The number of carbonyl (C=O) groups is 7. The molecule has 1 aliphatic carbocycles. The number of anilines is 1. The van der Waals surface area contributed by atoms with Gasteiger partial charge in [0.25, 0.3) is 0 Å². The van der Waals surface area contributed by atoms with Crippen molar-refractivity contribution in [1.29, 1.82) is 0 Å². The van der Waals surface area contributed by atoms with Crippen molar-refractivity contribution in [3.8, 4) is 5.75 Å². The molecule has 9 rings (SSSR count). The Morgan fingerprint density at radius 2 is 1.40 bits per heavy atom. The van der Waals surface area contributed by atoms with E-state index >= 15 is 4.79 Å². The molecule has 5 aliphatic heterocycles. The molecular weight excluding hydrogens is 1010 g/mol. The normalized spacial score (nSPS) is 29.9. The summed E-state index contributed by atoms with van der Waals surface area (Å²) in [5.41, 5.74) is 1.05. The summed E-state index contributed by atoms with van der Waals surface area (Å²) < 4.78 is 23.9. The van der Waals surface area contributed by atoms with E-state index < -0.39 is 94.2 Å². The molecule has 0 radical (unpaired) electrons. The highest BCUT2D eigenvalue weighted by molar-refractivity contribution is 5.95. The third-order valence-electron chi connectivity index (χ3n) is 16.4. The Balaban J connectivity index is 0.000000365. The number of benzene rings is 2. The Kier molecular flexibility index (Phi) is 16.4. The fraction of sp³-hybridized carbons (Fsp3) is 0.528. The number of para-hydroxylation sites is 1. The van der Waals surface area contributed by atoms with Crippen LogP contribution in [0.25, 0.3) is 10.9 Å². The number of carboxylic acids is 4. The molecule has 5 unspecified atom stereocenters. The molecule has 2 bridgehead atoms. The molecule has 24 heteroatoms. The number of likely N-dealkylation sites (N-methyl/N-ethyl adjacent to an activating group) is 1. The van der Waals surface area contributed by atoms with Gasteiger partial charge in [-0.3, -0.25) is 19.4 Å². The Hall–Kier alpha value is -6.93. The summed E-state index contributed by atoms with van der Waals surface area (Å²) in [6, 6.07) is 11.2. The summed E-state index contributed by atoms with van der Waals surface area (Å²) in [6.07, 6.45) is -1.39. The molecule has 6 aliphatic rings. The molecule has 24 nitrogen and oxygen atoms in total. The van der Waals surface area contributed by atoms with Crippen LogP contribution in [0.3, 0.4) is 0 Å². The summed E-state index contributed by atoms with van der Waals surface area (Å²) in [5, 5.41) is 79.4. The number of aliphatic hydroxyl groups excluding tert-OH is 4. The fourth-order valence-corrected chi connectivity index (χ4v) is 13.4. The van der Waals surface area contributed by atoms with Gasteiger partial charge in [0, 0.05) is 90.9 Å². The average Bonchev–Trinajstić information content (AvgIpc) is 4.06. The minimum absolute atomic E-state index is 0.0284. The lowest BCUT2D eigenvalue weighted by molar-refractivity contribution is -0.228. The quantitative estimate of drug-likeness (QED) is 0.0633. The van der Waals surface area contributed by atoms with Gasteiger partial charge in [0.2, 0.25) is 5.60 Å². The Morgan fingerprint density at radius 3 is 1.94 bits per heavy atom. The van der Waals surface area contributed by atoms with E-state index in [-0.39, 0.29) is 17.9 Å². The Morgan fingerprint density at radius 1 is 0.805 bits per heavy atom. The molecule has 2 aromatic carbocycles. The maximum absolute atomic E-state index is 15.2. The third kappa shape index (κ3) is 9.27. The van der Waals surface area contributed by atoms with Crippen LogP contribution in [-0.4, -0.2) is 205 Å². The number of hydrogen-bond donors (Lipinski definition) is 10. The van der Waals surface area contributed by atoms with Gasteiger partial charge in [0.1, 0.15) is 11.2 Å². The second-order valence-electron chi connectivity index (χ2n) is 20.3. The number of aliphatic carboxylic acids is 4. The van der Waals surface area contributed by atoms with Crippen molar-refractivity contribution >= 4 is 58.4 Å². The number of methoxy groups -OCH3 is 3. The van der Waals surface area contributed by atoms with Crippen molar-refractivity contribution in [3.63, 3.8) is 0 Å². The molecule has 6 heterocycles. The molecule has 77 heavy (non-hydrogen) atoms. The highest BCUT2D eigenvalue weighted by atomic mass is 16.6. The highest BCUT2D eigenvalue weighted by Gasteiger charge is 2.80. The zero-order chi connectivity index (χ0) is 56.9. The minimum atomic E-state index is -2.27.